The van der Waals surface area contributed by atoms with E-state index in [0.717, 1.165) is 79.6 Å². The highest BCUT2D eigenvalue weighted by atomic mass is 16.5. The van der Waals surface area contributed by atoms with Gasteiger partial charge in [-0.05, 0) is 82.3 Å². The number of hydrogen-bond acceptors (Lipinski definition) is 10. The number of H-pyrrole nitrogens is 2. The van der Waals surface area contributed by atoms with Gasteiger partial charge in [-0.25, -0.2) is 19.6 Å². The summed E-state index contributed by atoms with van der Waals surface area (Å²) in [6.07, 6.45) is 3.72. The molecule has 3 aliphatic rings. The minimum Gasteiger partial charge on any atom is -0.488 e. The van der Waals surface area contributed by atoms with Crippen LogP contribution in [0.25, 0.3) is 44.1 Å². The molecule has 0 saturated carbocycles. The zero-order chi connectivity index (χ0) is 43.2. The van der Waals surface area contributed by atoms with E-state index in [1.807, 2.05) is 43.1 Å². The number of amides is 3. The molecule has 0 aliphatic carbocycles. The molecule has 0 radical (unpaired) electrons. The molecule has 2 saturated heterocycles. The van der Waals surface area contributed by atoms with Gasteiger partial charge in [0, 0.05) is 29.6 Å². The first-order chi connectivity index (χ1) is 30.0. The molecule has 3 aliphatic heterocycles. The zero-order valence-electron chi connectivity index (χ0n) is 35.1. The van der Waals surface area contributed by atoms with Gasteiger partial charge in [-0.3, -0.25) is 9.69 Å². The molecule has 1 unspecified atom stereocenters. The first-order valence-corrected chi connectivity index (χ1v) is 21.0. The SMILES string of the molecule is C=C1CCN(C(=O)[C@H](NC(=O)OC)c2ccccc2)[C@@H]1c1ncc(-c2cc3c4c(ccc5cc(-c6cnc([C@@H]7CCCN7C(O)[C@@H](NC(=O)OC)C(C)C)[nH]6)cc(c54)OC3)c2)[nH]1. The molecular weight excluding hydrogens is 789 g/mol. The second-order valence-corrected chi connectivity index (χ2v) is 16.6. The van der Waals surface area contributed by atoms with E-state index in [1.165, 1.54) is 14.2 Å². The number of aliphatic hydroxyl groups excluding tert-OH is 1. The van der Waals surface area contributed by atoms with Crippen LogP contribution in [0.3, 0.4) is 0 Å². The third-order valence-corrected chi connectivity index (χ3v) is 12.5. The lowest BCUT2D eigenvalue weighted by Crippen LogP contribution is -2.54. The van der Waals surface area contributed by atoms with Gasteiger partial charge in [-0.15, -0.1) is 0 Å². The van der Waals surface area contributed by atoms with Crippen molar-refractivity contribution in [3.05, 3.63) is 114 Å². The maximum absolute atomic E-state index is 14.1. The molecule has 6 aromatic rings. The summed E-state index contributed by atoms with van der Waals surface area (Å²) in [6.45, 7) is 9.69. The second-order valence-electron chi connectivity index (χ2n) is 16.6. The Morgan fingerprint density at radius 3 is 2.24 bits per heavy atom. The van der Waals surface area contributed by atoms with Crippen LogP contribution in [0.2, 0.25) is 0 Å². The van der Waals surface area contributed by atoms with E-state index in [-0.39, 0.29) is 17.9 Å². The third-order valence-electron chi connectivity index (χ3n) is 12.5. The van der Waals surface area contributed by atoms with Crippen molar-refractivity contribution >= 4 is 39.6 Å². The topological polar surface area (TPSA) is 187 Å². The van der Waals surface area contributed by atoms with Crippen molar-refractivity contribution in [3.8, 4) is 28.3 Å². The highest BCUT2D eigenvalue weighted by Gasteiger charge is 2.40. The Kier molecular flexibility index (Phi) is 10.9. The Morgan fingerprint density at radius 2 is 1.53 bits per heavy atom. The number of rotatable bonds is 11. The van der Waals surface area contributed by atoms with Crippen LogP contribution in [0.4, 0.5) is 9.59 Å². The van der Waals surface area contributed by atoms with Crippen molar-refractivity contribution in [1.82, 2.24) is 40.4 Å². The summed E-state index contributed by atoms with van der Waals surface area (Å²) in [6, 6.07) is 19.7. The Morgan fingerprint density at radius 1 is 0.871 bits per heavy atom. The molecule has 4 aromatic carbocycles. The number of carbonyl (C=O) groups excluding carboxylic acids is 3. The summed E-state index contributed by atoms with van der Waals surface area (Å²) < 4.78 is 16.2. The van der Waals surface area contributed by atoms with Crippen LogP contribution in [0.15, 0.2) is 91.3 Å². The van der Waals surface area contributed by atoms with Crippen molar-refractivity contribution in [2.45, 2.75) is 70.1 Å². The van der Waals surface area contributed by atoms with E-state index < -0.39 is 36.5 Å². The maximum Gasteiger partial charge on any atom is 0.407 e. The van der Waals surface area contributed by atoms with E-state index >= 15 is 0 Å². The average molecular weight is 839 g/mol. The summed E-state index contributed by atoms with van der Waals surface area (Å²) in [7, 11) is 2.59. The maximum atomic E-state index is 14.1. The van der Waals surface area contributed by atoms with Gasteiger partial charge in [0.15, 0.2) is 0 Å². The van der Waals surface area contributed by atoms with E-state index in [9.17, 15) is 19.5 Å². The fraction of sp³-hybridized carbons (Fsp3) is 0.340. The minimum atomic E-state index is -0.946. The summed E-state index contributed by atoms with van der Waals surface area (Å²) in [4.78, 5) is 58.9. The van der Waals surface area contributed by atoms with Crippen LogP contribution in [0, 0.1) is 5.92 Å². The largest absolute Gasteiger partial charge is 0.488 e. The Labute approximate surface area is 358 Å². The number of nitrogens with zero attached hydrogens (tertiary/aromatic N) is 4. The minimum absolute atomic E-state index is 0.0276. The molecular formula is C47H50N8O7. The lowest BCUT2D eigenvalue weighted by molar-refractivity contribution is -0.134. The van der Waals surface area contributed by atoms with Crippen molar-refractivity contribution in [2.75, 3.05) is 27.3 Å². The number of benzene rings is 4. The summed E-state index contributed by atoms with van der Waals surface area (Å²) in [5, 5.41) is 21.2. The quantitative estimate of drug-likeness (QED) is 0.0649. The van der Waals surface area contributed by atoms with E-state index in [4.69, 9.17) is 24.2 Å². The Bertz CT molecular complexity index is 2690. The molecule has 0 spiro atoms. The number of ether oxygens (including phenoxy) is 3. The normalized spacial score (nSPS) is 18.9. The van der Waals surface area contributed by atoms with Crippen LogP contribution < -0.4 is 15.4 Å². The lowest BCUT2D eigenvalue weighted by Gasteiger charge is -2.35. The number of aliphatic hydroxyl groups is 1. The van der Waals surface area contributed by atoms with Gasteiger partial charge in [0.05, 0.1) is 50.1 Å². The number of nitrogens with one attached hydrogen (secondary N) is 4. The summed E-state index contributed by atoms with van der Waals surface area (Å²) >= 11 is 0. The first-order valence-electron chi connectivity index (χ1n) is 21.0. The molecule has 2 fully saturated rings. The highest BCUT2D eigenvalue weighted by molar-refractivity contribution is 6.14. The number of alkyl carbamates (subject to hydrolysis) is 2. The Hall–Kier alpha value is -6.71. The molecule has 2 aromatic heterocycles. The molecule has 0 bridgehead atoms. The van der Waals surface area contributed by atoms with Crippen molar-refractivity contribution in [2.24, 2.45) is 5.92 Å². The number of aromatic nitrogens is 4. The molecule has 5 N–H and O–H groups in total. The lowest BCUT2D eigenvalue weighted by atomic mass is 9.92. The molecule has 5 heterocycles. The number of imidazole rings is 2. The molecule has 320 valence electrons. The molecule has 62 heavy (non-hydrogen) atoms. The monoisotopic (exact) mass is 838 g/mol. The second kappa shape index (κ2) is 16.6. The standard InChI is InChI=1S/C47H50N8O7/c1-25(2)39(52-46(58)60-4)44(56)54-16-9-12-35(54)42-48-22-34(50-42)31-19-29-14-13-28-18-30(20-32-24-62-36(21-31)38(29)37(28)32)33-23-49-43(51-33)41-26(3)15-17-55(41)45(57)40(53-47(59)61-5)27-10-7-6-8-11-27/h6-8,10-11,13-14,18-23,25,35,39-41,44,56H,3,9,12,15-17,24H2,1-2,4-5H3,(H,48,50)(H,49,51)(H,52,58)(H,53,59)/t35-,39-,40+,41-,44?/m0/s1. The van der Waals surface area contributed by atoms with Gasteiger partial charge in [0.25, 0.3) is 5.91 Å². The van der Waals surface area contributed by atoms with Gasteiger partial charge in [-0.2, -0.15) is 0 Å². The van der Waals surface area contributed by atoms with Crippen LogP contribution >= 0.6 is 0 Å². The van der Waals surface area contributed by atoms with Crippen LogP contribution in [-0.4, -0.2) is 92.5 Å². The average Bonchev–Trinajstić information content (AvgIpc) is 4.13. The highest BCUT2D eigenvalue weighted by Crippen LogP contribution is 2.44. The fourth-order valence-corrected chi connectivity index (χ4v) is 9.34. The van der Waals surface area contributed by atoms with Crippen molar-refractivity contribution in [3.63, 3.8) is 0 Å². The number of hydrogen-bond donors (Lipinski definition) is 5. The molecule has 9 rings (SSSR count). The van der Waals surface area contributed by atoms with Gasteiger partial charge in [0.2, 0.25) is 0 Å². The molecule has 15 nitrogen and oxygen atoms in total. The van der Waals surface area contributed by atoms with Gasteiger partial charge in [-0.1, -0.05) is 62.9 Å². The van der Waals surface area contributed by atoms with E-state index in [0.29, 0.717) is 37.5 Å². The van der Waals surface area contributed by atoms with Gasteiger partial charge in [0.1, 0.15) is 42.3 Å². The van der Waals surface area contributed by atoms with Gasteiger partial charge >= 0.3 is 12.2 Å². The summed E-state index contributed by atoms with van der Waals surface area (Å²) in [5.74, 6) is 1.82. The third kappa shape index (κ3) is 7.40. The number of carbonyl (C=O) groups is 3. The van der Waals surface area contributed by atoms with Crippen molar-refractivity contribution in [1.29, 1.82) is 0 Å². The van der Waals surface area contributed by atoms with E-state index in [2.05, 4.69) is 63.6 Å². The first kappa shape index (κ1) is 40.7. The predicted molar refractivity (Wildman–Crippen MR) is 233 cm³/mol. The number of likely N-dealkylation sites (tertiary alicyclic amines) is 2. The number of aromatic amines is 2. The van der Waals surface area contributed by atoms with Crippen LogP contribution in [0.5, 0.6) is 5.75 Å². The zero-order valence-corrected chi connectivity index (χ0v) is 35.1. The van der Waals surface area contributed by atoms with Crippen molar-refractivity contribution < 1.29 is 33.7 Å². The van der Waals surface area contributed by atoms with E-state index in [1.54, 1.807) is 23.2 Å². The van der Waals surface area contributed by atoms with Gasteiger partial charge < -0.3 is 44.8 Å². The smallest absolute Gasteiger partial charge is 0.407 e. The predicted octanol–water partition coefficient (Wildman–Crippen LogP) is 7.43. The van der Waals surface area contributed by atoms with Crippen LogP contribution in [-0.2, 0) is 20.9 Å². The van der Waals surface area contributed by atoms with Crippen LogP contribution in [0.1, 0.15) is 74.0 Å². The Balaban J connectivity index is 0.973. The summed E-state index contributed by atoms with van der Waals surface area (Å²) in [5.41, 5.74) is 6.04. The number of methoxy groups -OCH3 is 2. The molecule has 15 heteroatoms. The fourth-order valence-electron chi connectivity index (χ4n) is 9.34. The molecule has 5 atom stereocenters. The molecule has 3 amide bonds.